The summed E-state index contributed by atoms with van der Waals surface area (Å²) in [5, 5.41) is 35.6. The number of nitrogens with zero attached hydrogens (tertiary/aromatic N) is 1. The van der Waals surface area contributed by atoms with Crippen molar-refractivity contribution in [2.45, 2.75) is 82.5 Å². The van der Waals surface area contributed by atoms with E-state index in [2.05, 4.69) is 18.4 Å². The van der Waals surface area contributed by atoms with Crippen molar-refractivity contribution in [1.82, 2.24) is 4.90 Å². The molecule has 3 aliphatic heterocycles. The van der Waals surface area contributed by atoms with Crippen LogP contribution in [0, 0.1) is 39.9 Å². The second-order valence-electron chi connectivity index (χ2n) is 12.4. The molecule has 1 unspecified atom stereocenters. The number of aliphatic hydroxyl groups excluding tert-OH is 1. The summed E-state index contributed by atoms with van der Waals surface area (Å²) in [6.07, 6.45) is 2.60. The molecule has 3 N–H and O–H groups in total. The molecule has 6 aliphatic carbocycles. The van der Waals surface area contributed by atoms with Crippen LogP contribution in [-0.2, 0) is 9.53 Å². The van der Waals surface area contributed by atoms with Crippen molar-refractivity contribution in [1.29, 1.82) is 0 Å². The maximum Gasteiger partial charge on any atom is 0.308 e. The number of hydrogen-bond acceptors (Lipinski definition) is 6. The Morgan fingerprint density at radius 3 is 2.70 bits per heavy atom. The van der Waals surface area contributed by atoms with Gasteiger partial charge in [-0.15, -0.1) is 0 Å². The zero-order valence-corrected chi connectivity index (χ0v) is 18.1. The van der Waals surface area contributed by atoms with Crippen LogP contribution in [-0.4, -0.2) is 62.3 Å². The van der Waals surface area contributed by atoms with Gasteiger partial charge >= 0.3 is 5.97 Å². The van der Waals surface area contributed by atoms with Crippen LogP contribution in [0.1, 0.15) is 52.9 Å². The third kappa shape index (κ3) is 1.44. The second-order valence-corrected chi connectivity index (χ2v) is 12.4. The van der Waals surface area contributed by atoms with Gasteiger partial charge in [-0.3, -0.25) is 9.69 Å². The van der Waals surface area contributed by atoms with Crippen LogP contribution in [0.25, 0.3) is 0 Å². The molecular weight excluding hydrogens is 382 g/mol. The second kappa shape index (κ2) is 4.70. The van der Waals surface area contributed by atoms with Gasteiger partial charge < -0.3 is 20.1 Å². The van der Waals surface area contributed by atoms with Gasteiger partial charge in [-0.1, -0.05) is 33.8 Å². The summed E-state index contributed by atoms with van der Waals surface area (Å²) in [7, 11) is 0. The van der Waals surface area contributed by atoms with Gasteiger partial charge in [-0.05, 0) is 41.6 Å². The Hall–Kier alpha value is -0.950. The third-order valence-electron chi connectivity index (χ3n) is 11.2. The molecule has 3 saturated heterocycles. The van der Waals surface area contributed by atoms with Gasteiger partial charge in [0.05, 0.1) is 12.0 Å². The predicted octanol–water partition coefficient (Wildman–Crippen LogP) is 1.43. The number of aliphatic hydroxyl groups is 3. The minimum absolute atomic E-state index is 0.0469. The lowest BCUT2D eigenvalue weighted by Crippen LogP contribution is -2.77. The Labute approximate surface area is 177 Å². The summed E-state index contributed by atoms with van der Waals surface area (Å²) < 4.78 is 6.09. The molecule has 6 heteroatoms. The quantitative estimate of drug-likeness (QED) is 0.467. The van der Waals surface area contributed by atoms with Gasteiger partial charge in [0.15, 0.2) is 0 Å². The molecule has 6 nitrogen and oxygen atoms in total. The van der Waals surface area contributed by atoms with Crippen molar-refractivity contribution in [2.75, 3.05) is 6.54 Å². The van der Waals surface area contributed by atoms with Gasteiger partial charge in [-0.25, -0.2) is 0 Å². The SMILES string of the molecule is C=C1[C@H](OC(=O)C(C)C)[C@@]23C[C@@]4(O)[C@@H]5[C@]6(C)CCC[C@@]57[C@@H]2[C@@H](O)[C@]1(O)C[C@@H]3[C@H]7N4C6. The lowest BCUT2D eigenvalue weighted by molar-refractivity contribution is -0.303. The standard InChI is InChI=1S/C24H33NO5/c1-11(2)18(27)30-17-12(3)23(28)8-13-15-21-7-5-6-20(4)10-25(15)24(29,19(20)21)9-22(13,17)14(21)16(23)26/h11,13-17,19,26,28-29H,3,5-10H2,1-2,4H3/t13-,14+,15-,16-,17+,19-,20-,21+,22-,23+,24-/m1/s1. The Morgan fingerprint density at radius 2 is 2.00 bits per heavy atom. The van der Waals surface area contributed by atoms with Crippen LogP contribution in [0.3, 0.4) is 0 Å². The third-order valence-corrected chi connectivity index (χ3v) is 11.2. The number of esters is 1. The average Bonchev–Trinajstić information content (AvgIpc) is 3.03. The molecule has 9 bridgehead atoms. The summed E-state index contributed by atoms with van der Waals surface area (Å²) in [5.74, 6) is -0.509. The maximum absolute atomic E-state index is 12.7. The minimum Gasteiger partial charge on any atom is -0.457 e. The fourth-order valence-corrected chi connectivity index (χ4v) is 10.9. The topological polar surface area (TPSA) is 90.2 Å². The number of carbonyl (C=O) groups is 1. The highest BCUT2D eigenvalue weighted by Gasteiger charge is 2.95. The highest BCUT2D eigenvalue weighted by atomic mass is 16.5. The largest absolute Gasteiger partial charge is 0.457 e. The maximum atomic E-state index is 12.7. The van der Waals surface area contributed by atoms with E-state index in [0.29, 0.717) is 18.4 Å². The Kier molecular flexibility index (Phi) is 2.92. The van der Waals surface area contributed by atoms with E-state index in [0.717, 1.165) is 25.8 Å². The fourth-order valence-electron chi connectivity index (χ4n) is 10.9. The van der Waals surface area contributed by atoms with Crippen molar-refractivity contribution in [3.63, 3.8) is 0 Å². The summed E-state index contributed by atoms with van der Waals surface area (Å²) >= 11 is 0. The van der Waals surface area contributed by atoms with Crippen LogP contribution >= 0.6 is 0 Å². The molecule has 30 heavy (non-hydrogen) atoms. The lowest BCUT2D eigenvalue weighted by atomic mass is 9.38. The average molecular weight is 416 g/mol. The van der Waals surface area contributed by atoms with Crippen molar-refractivity contribution >= 4 is 5.97 Å². The zero-order valence-electron chi connectivity index (χ0n) is 18.1. The van der Waals surface area contributed by atoms with Crippen LogP contribution in [0.2, 0.25) is 0 Å². The molecule has 0 amide bonds. The van der Waals surface area contributed by atoms with Gasteiger partial charge in [0, 0.05) is 36.3 Å². The summed E-state index contributed by atoms with van der Waals surface area (Å²) in [6, 6.07) is 0.150. The Balaban J connectivity index is 1.47. The summed E-state index contributed by atoms with van der Waals surface area (Å²) in [4.78, 5) is 15.1. The molecule has 12 atom stereocenters. The first-order valence-corrected chi connectivity index (χ1v) is 11.8. The highest BCUT2D eigenvalue weighted by molar-refractivity contribution is 5.72. The number of carbonyl (C=O) groups excluding carboxylic acids is 1. The lowest BCUT2D eigenvalue weighted by Gasteiger charge is -2.69. The predicted molar refractivity (Wildman–Crippen MR) is 107 cm³/mol. The summed E-state index contributed by atoms with van der Waals surface area (Å²) in [5.41, 5.74) is -2.56. The molecule has 9 aliphatic rings. The monoisotopic (exact) mass is 415 g/mol. The van der Waals surface area contributed by atoms with Gasteiger partial charge in [-0.2, -0.15) is 0 Å². The molecule has 9 fully saturated rings. The van der Waals surface area contributed by atoms with Crippen LogP contribution in [0.5, 0.6) is 0 Å². The molecular formula is C24H33NO5. The van der Waals surface area contributed by atoms with E-state index in [1.165, 1.54) is 0 Å². The van der Waals surface area contributed by atoms with Crippen molar-refractivity contribution in [2.24, 2.45) is 39.9 Å². The Morgan fingerprint density at radius 1 is 1.27 bits per heavy atom. The molecule has 0 aromatic heterocycles. The summed E-state index contributed by atoms with van der Waals surface area (Å²) in [6.45, 7) is 11.0. The first kappa shape index (κ1) is 18.6. The van der Waals surface area contributed by atoms with Gasteiger partial charge in [0.1, 0.15) is 17.4 Å². The first-order valence-electron chi connectivity index (χ1n) is 11.8. The number of rotatable bonds is 2. The molecule has 6 saturated carbocycles. The smallest absolute Gasteiger partial charge is 0.308 e. The van der Waals surface area contributed by atoms with E-state index >= 15 is 0 Å². The van der Waals surface area contributed by atoms with E-state index in [4.69, 9.17) is 4.74 Å². The number of ether oxygens (including phenoxy) is 1. The molecule has 9 rings (SSSR count). The van der Waals surface area contributed by atoms with Crippen LogP contribution < -0.4 is 0 Å². The normalized spacial score (nSPS) is 65.7. The van der Waals surface area contributed by atoms with Gasteiger partial charge in [0.2, 0.25) is 0 Å². The highest BCUT2D eigenvalue weighted by Crippen LogP contribution is 2.89. The van der Waals surface area contributed by atoms with E-state index in [1.54, 1.807) is 0 Å². The van der Waals surface area contributed by atoms with Crippen LogP contribution in [0.4, 0.5) is 0 Å². The number of piperidine rings is 2. The van der Waals surface area contributed by atoms with Gasteiger partial charge in [0.25, 0.3) is 0 Å². The van der Waals surface area contributed by atoms with Crippen LogP contribution in [0.15, 0.2) is 12.2 Å². The number of hydrogen-bond donors (Lipinski definition) is 3. The molecule has 0 aromatic rings. The minimum atomic E-state index is -1.41. The number of fused-ring (bicyclic) bond motifs is 1. The van der Waals surface area contributed by atoms with E-state index in [-0.39, 0.29) is 46.5 Å². The zero-order chi connectivity index (χ0) is 21.2. The van der Waals surface area contributed by atoms with Crippen molar-refractivity contribution in [3.05, 3.63) is 12.2 Å². The Bertz CT molecular complexity index is 919. The first-order chi connectivity index (χ1) is 14.0. The molecule has 0 aromatic carbocycles. The molecule has 3 heterocycles. The fraction of sp³-hybridized carbons (Fsp3) is 0.875. The molecule has 2 spiro atoms. The van der Waals surface area contributed by atoms with Crippen molar-refractivity contribution < 1.29 is 24.9 Å². The molecule has 164 valence electrons. The van der Waals surface area contributed by atoms with E-state index in [1.807, 2.05) is 13.8 Å². The van der Waals surface area contributed by atoms with E-state index < -0.39 is 28.9 Å². The molecule has 0 radical (unpaired) electrons. The van der Waals surface area contributed by atoms with Crippen molar-refractivity contribution in [3.8, 4) is 0 Å². The van der Waals surface area contributed by atoms with E-state index in [9.17, 15) is 20.1 Å².